The number of rotatable bonds is 4. The van der Waals surface area contributed by atoms with E-state index in [1.54, 1.807) is 36.1 Å². The number of aromatic nitrogens is 2. The first kappa shape index (κ1) is 21.1. The van der Waals surface area contributed by atoms with E-state index in [0.29, 0.717) is 25.3 Å². The summed E-state index contributed by atoms with van der Waals surface area (Å²) in [5, 5.41) is 4.09. The molecule has 32 heavy (non-hydrogen) atoms. The van der Waals surface area contributed by atoms with Crippen molar-refractivity contribution in [2.75, 3.05) is 39.3 Å². The van der Waals surface area contributed by atoms with Crippen molar-refractivity contribution in [3.63, 3.8) is 0 Å². The van der Waals surface area contributed by atoms with Gasteiger partial charge in [-0.15, -0.1) is 0 Å². The second-order valence-corrected chi connectivity index (χ2v) is 9.48. The number of halogens is 1. The summed E-state index contributed by atoms with van der Waals surface area (Å²) in [7, 11) is 1.78. The van der Waals surface area contributed by atoms with E-state index in [4.69, 9.17) is 0 Å². The van der Waals surface area contributed by atoms with Crippen LogP contribution in [0.25, 0.3) is 0 Å². The van der Waals surface area contributed by atoms with Crippen LogP contribution in [-0.4, -0.2) is 75.6 Å². The van der Waals surface area contributed by atoms with Gasteiger partial charge in [0.2, 0.25) is 5.91 Å². The van der Waals surface area contributed by atoms with Gasteiger partial charge >= 0.3 is 0 Å². The van der Waals surface area contributed by atoms with Crippen molar-refractivity contribution in [2.24, 2.45) is 18.4 Å². The van der Waals surface area contributed by atoms with Gasteiger partial charge in [0.15, 0.2) is 0 Å². The molecule has 3 fully saturated rings. The second-order valence-electron chi connectivity index (χ2n) is 9.48. The number of piperazine rings is 1. The number of hydrogen-bond acceptors (Lipinski definition) is 4. The highest BCUT2D eigenvalue weighted by molar-refractivity contribution is 5.92. The molecular weight excluding hydrogens is 409 g/mol. The minimum absolute atomic E-state index is 0.0257. The third kappa shape index (κ3) is 4.03. The summed E-state index contributed by atoms with van der Waals surface area (Å²) in [5.41, 5.74) is 1.66. The number of amides is 2. The third-order valence-electron chi connectivity index (χ3n) is 7.55. The molecule has 3 heterocycles. The molecule has 1 spiro atoms. The lowest BCUT2D eigenvalue weighted by Gasteiger charge is -2.36. The molecule has 1 aromatic carbocycles. The van der Waals surface area contributed by atoms with Gasteiger partial charge in [0.25, 0.3) is 5.91 Å². The maximum absolute atomic E-state index is 13.4. The van der Waals surface area contributed by atoms with E-state index in [0.717, 1.165) is 51.0 Å². The SMILES string of the molecule is Cn1nccc1C(=O)N1CCC2(CC1)CC2C(=O)N1CCN(Cc2cccc(F)c2)CC1. The number of likely N-dealkylation sites (tertiary alicyclic amines) is 1. The lowest BCUT2D eigenvalue weighted by atomic mass is 9.90. The van der Waals surface area contributed by atoms with Crippen LogP contribution < -0.4 is 0 Å². The molecular formula is C24H30FN5O2. The van der Waals surface area contributed by atoms with E-state index >= 15 is 0 Å². The molecule has 2 aliphatic heterocycles. The summed E-state index contributed by atoms with van der Waals surface area (Å²) < 4.78 is 15.0. The standard InChI is InChI=1S/C24H30FN5O2/c1-27-21(5-8-26-27)23(32)29-9-6-24(7-10-29)16-20(24)22(31)30-13-11-28(12-14-30)17-18-3-2-4-19(25)15-18/h2-5,8,15,20H,6-7,9-14,16-17H2,1H3. The van der Waals surface area contributed by atoms with Crippen molar-refractivity contribution in [3.05, 3.63) is 53.6 Å². The minimum Gasteiger partial charge on any atom is -0.340 e. The Balaban J connectivity index is 1.10. The molecule has 8 heteroatoms. The molecule has 1 saturated carbocycles. The summed E-state index contributed by atoms with van der Waals surface area (Å²) >= 11 is 0. The topological polar surface area (TPSA) is 61.7 Å². The molecule has 0 bridgehead atoms. The Morgan fingerprint density at radius 2 is 1.81 bits per heavy atom. The normalized spacial score (nSPS) is 22.9. The predicted molar refractivity (Wildman–Crippen MR) is 117 cm³/mol. The molecule has 1 unspecified atom stereocenters. The Kier molecular flexibility index (Phi) is 5.49. The number of carbonyl (C=O) groups is 2. The van der Waals surface area contributed by atoms with Gasteiger partial charge in [0, 0.05) is 65.0 Å². The molecule has 1 atom stereocenters. The zero-order chi connectivity index (χ0) is 22.3. The van der Waals surface area contributed by atoms with E-state index < -0.39 is 0 Å². The van der Waals surface area contributed by atoms with Crippen LogP contribution in [0.2, 0.25) is 0 Å². The highest BCUT2D eigenvalue weighted by Gasteiger charge is 2.59. The molecule has 1 aliphatic carbocycles. The number of nitrogens with zero attached hydrogens (tertiary/aromatic N) is 5. The van der Waals surface area contributed by atoms with Gasteiger partial charge in [0.1, 0.15) is 11.5 Å². The average molecular weight is 440 g/mol. The highest BCUT2D eigenvalue weighted by Crippen LogP contribution is 2.60. The number of aryl methyl sites for hydroxylation is 1. The van der Waals surface area contributed by atoms with Crippen molar-refractivity contribution in [2.45, 2.75) is 25.8 Å². The zero-order valence-electron chi connectivity index (χ0n) is 18.5. The van der Waals surface area contributed by atoms with E-state index in [-0.39, 0.29) is 29.0 Å². The van der Waals surface area contributed by atoms with Crippen molar-refractivity contribution in [3.8, 4) is 0 Å². The molecule has 2 aromatic rings. The van der Waals surface area contributed by atoms with Crippen LogP contribution in [0.3, 0.4) is 0 Å². The highest BCUT2D eigenvalue weighted by atomic mass is 19.1. The summed E-state index contributed by atoms with van der Waals surface area (Å²) in [5.74, 6) is 0.203. The lowest BCUT2D eigenvalue weighted by Crippen LogP contribution is -2.49. The maximum Gasteiger partial charge on any atom is 0.272 e. The maximum atomic E-state index is 13.4. The molecule has 2 saturated heterocycles. The van der Waals surface area contributed by atoms with Crippen molar-refractivity contribution < 1.29 is 14.0 Å². The van der Waals surface area contributed by atoms with Crippen LogP contribution in [0.1, 0.15) is 35.3 Å². The molecule has 0 N–H and O–H groups in total. The van der Waals surface area contributed by atoms with Crippen molar-refractivity contribution in [1.29, 1.82) is 0 Å². The monoisotopic (exact) mass is 439 g/mol. The van der Waals surface area contributed by atoms with Crippen LogP contribution >= 0.6 is 0 Å². The van der Waals surface area contributed by atoms with Gasteiger partial charge in [-0.2, -0.15) is 5.10 Å². The number of carbonyl (C=O) groups excluding carboxylic acids is 2. The first-order valence-corrected chi connectivity index (χ1v) is 11.5. The molecule has 0 radical (unpaired) electrons. The smallest absolute Gasteiger partial charge is 0.272 e. The van der Waals surface area contributed by atoms with E-state index in [2.05, 4.69) is 10.00 Å². The van der Waals surface area contributed by atoms with Crippen molar-refractivity contribution in [1.82, 2.24) is 24.5 Å². The average Bonchev–Trinajstić information content (AvgIpc) is 3.31. The largest absolute Gasteiger partial charge is 0.340 e. The Labute approximate surface area is 187 Å². The number of piperidine rings is 1. The van der Waals surface area contributed by atoms with Crippen LogP contribution in [0.4, 0.5) is 4.39 Å². The number of hydrogen-bond donors (Lipinski definition) is 0. The van der Waals surface area contributed by atoms with Gasteiger partial charge < -0.3 is 9.80 Å². The van der Waals surface area contributed by atoms with Crippen LogP contribution in [0, 0.1) is 17.2 Å². The van der Waals surface area contributed by atoms with Crippen LogP contribution in [0.15, 0.2) is 36.5 Å². The van der Waals surface area contributed by atoms with Gasteiger partial charge in [-0.25, -0.2) is 4.39 Å². The van der Waals surface area contributed by atoms with Crippen molar-refractivity contribution >= 4 is 11.8 Å². The summed E-state index contributed by atoms with van der Waals surface area (Å²) in [4.78, 5) is 32.1. The fraction of sp³-hybridized carbons (Fsp3) is 0.542. The molecule has 2 amide bonds. The van der Waals surface area contributed by atoms with E-state index in [1.807, 2.05) is 15.9 Å². The summed E-state index contributed by atoms with van der Waals surface area (Å²) in [6.07, 6.45) is 4.38. The molecule has 1 aromatic heterocycles. The zero-order valence-corrected chi connectivity index (χ0v) is 18.5. The summed E-state index contributed by atoms with van der Waals surface area (Å²) in [6.45, 7) is 5.21. The second kappa shape index (κ2) is 8.31. The fourth-order valence-electron chi connectivity index (χ4n) is 5.39. The fourth-order valence-corrected chi connectivity index (χ4v) is 5.39. The van der Waals surface area contributed by atoms with E-state index in [1.165, 1.54) is 6.07 Å². The lowest BCUT2D eigenvalue weighted by molar-refractivity contribution is -0.135. The Morgan fingerprint density at radius 3 is 2.47 bits per heavy atom. The Morgan fingerprint density at radius 1 is 1.06 bits per heavy atom. The quantitative estimate of drug-likeness (QED) is 0.733. The van der Waals surface area contributed by atoms with Gasteiger partial charge in [-0.3, -0.25) is 19.2 Å². The van der Waals surface area contributed by atoms with Crippen LogP contribution in [0.5, 0.6) is 0 Å². The minimum atomic E-state index is -0.205. The van der Waals surface area contributed by atoms with Gasteiger partial charge in [0.05, 0.1) is 0 Å². The summed E-state index contributed by atoms with van der Waals surface area (Å²) in [6, 6.07) is 8.48. The van der Waals surface area contributed by atoms with E-state index in [9.17, 15) is 14.0 Å². The third-order valence-corrected chi connectivity index (χ3v) is 7.55. The first-order valence-electron chi connectivity index (χ1n) is 11.5. The Hall–Kier alpha value is -2.74. The molecule has 170 valence electrons. The van der Waals surface area contributed by atoms with Gasteiger partial charge in [-0.1, -0.05) is 12.1 Å². The van der Waals surface area contributed by atoms with Gasteiger partial charge in [-0.05, 0) is 48.4 Å². The Bertz CT molecular complexity index is 1010. The molecule has 3 aliphatic rings. The molecule has 7 nitrogen and oxygen atoms in total. The molecule has 5 rings (SSSR count). The predicted octanol–water partition coefficient (Wildman–Crippen LogP) is 2.15. The number of benzene rings is 1. The first-order chi connectivity index (χ1) is 15.4. The van der Waals surface area contributed by atoms with Crippen LogP contribution in [-0.2, 0) is 18.4 Å².